The minimum atomic E-state index is -0.127. The van der Waals surface area contributed by atoms with E-state index in [9.17, 15) is 4.79 Å². The number of piperidine rings is 1. The number of anilines is 1. The minimum Gasteiger partial charge on any atom is -0.340 e. The van der Waals surface area contributed by atoms with Gasteiger partial charge in [0.15, 0.2) is 5.82 Å². The number of nitrogens with one attached hydrogen (secondary N) is 2. The Bertz CT molecular complexity index is 605. The van der Waals surface area contributed by atoms with Crippen LogP contribution >= 0.6 is 0 Å². The molecule has 0 aromatic carbocycles. The van der Waals surface area contributed by atoms with Gasteiger partial charge in [0.25, 0.3) is 0 Å². The topological polar surface area (TPSA) is 104 Å². The van der Waals surface area contributed by atoms with Crippen molar-refractivity contribution in [2.45, 2.75) is 12.8 Å². The molecule has 2 aromatic heterocycles. The number of hydrogen-bond donors (Lipinski definition) is 3. The van der Waals surface area contributed by atoms with Crippen LogP contribution in [0.4, 0.5) is 5.95 Å². The first kappa shape index (κ1) is 12.9. The Kier molecular flexibility index (Phi) is 3.51. The van der Waals surface area contributed by atoms with Crippen molar-refractivity contribution < 1.29 is 0 Å². The Morgan fingerprint density at radius 3 is 2.80 bits per heavy atom. The average Bonchev–Trinajstić information content (AvgIpc) is 2.98. The minimum absolute atomic E-state index is 0.127. The summed E-state index contributed by atoms with van der Waals surface area (Å²) >= 11 is 0. The highest BCUT2D eigenvalue weighted by Crippen LogP contribution is 2.21. The van der Waals surface area contributed by atoms with Crippen molar-refractivity contribution in [1.29, 1.82) is 0 Å². The number of nitrogens with two attached hydrogens (primary N) is 1. The molecule has 3 rings (SSSR count). The highest BCUT2D eigenvalue weighted by molar-refractivity contribution is 5.54. The molecule has 1 fully saturated rings. The summed E-state index contributed by atoms with van der Waals surface area (Å²) < 4.78 is 0. The monoisotopic (exact) mass is 274 g/mol. The van der Waals surface area contributed by atoms with E-state index in [1.807, 2.05) is 0 Å². The van der Waals surface area contributed by atoms with Crippen molar-refractivity contribution in [1.82, 2.24) is 20.2 Å². The van der Waals surface area contributed by atoms with Gasteiger partial charge in [0.1, 0.15) is 0 Å². The summed E-state index contributed by atoms with van der Waals surface area (Å²) in [6.45, 7) is 2.63. The number of aromatic nitrogens is 4. The first-order valence-electron chi connectivity index (χ1n) is 6.83. The molecule has 4 N–H and O–H groups in total. The fraction of sp³-hybridized carbons (Fsp3) is 0.462. The summed E-state index contributed by atoms with van der Waals surface area (Å²) in [5.41, 5.74) is 6.39. The van der Waals surface area contributed by atoms with E-state index < -0.39 is 0 Å². The molecule has 20 heavy (non-hydrogen) atoms. The number of H-pyrrole nitrogens is 2. The average molecular weight is 274 g/mol. The summed E-state index contributed by atoms with van der Waals surface area (Å²) in [6.07, 6.45) is 3.80. The normalized spacial score (nSPS) is 16.6. The molecule has 0 unspecified atom stereocenters. The maximum absolute atomic E-state index is 11.0. The molecule has 1 aliphatic rings. The fourth-order valence-electron chi connectivity index (χ4n) is 2.45. The largest absolute Gasteiger partial charge is 0.340 e. The lowest BCUT2D eigenvalue weighted by Gasteiger charge is -2.30. The predicted octanol–water partition coefficient (Wildman–Crippen LogP) is 0.335. The second-order valence-electron chi connectivity index (χ2n) is 5.09. The lowest BCUT2D eigenvalue weighted by molar-refractivity contribution is 0.411. The van der Waals surface area contributed by atoms with Crippen molar-refractivity contribution in [3.8, 4) is 11.4 Å². The molecule has 0 saturated carbocycles. The van der Waals surface area contributed by atoms with Crippen molar-refractivity contribution >= 4 is 5.95 Å². The molecular formula is C13H18N6O. The van der Waals surface area contributed by atoms with Crippen LogP contribution in [0.25, 0.3) is 11.4 Å². The molecule has 0 spiro atoms. The van der Waals surface area contributed by atoms with Crippen molar-refractivity contribution in [3.63, 3.8) is 0 Å². The molecule has 1 saturated heterocycles. The van der Waals surface area contributed by atoms with Gasteiger partial charge in [-0.15, -0.1) is 5.10 Å². The van der Waals surface area contributed by atoms with Crippen molar-refractivity contribution in [3.05, 3.63) is 28.7 Å². The van der Waals surface area contributed by atoms with Gasteiger partial charge in [0, 0.05) is 30.9 Å². The maximum Gasteiger partial charge on any atom is 0.247 e. The molecule has 0 amide bonds. The second-order valence-corrected chi connectivity index (χ2v) is 5.09. The Balaban J connectivity index is 1.74. The quantitative estimate of drug-likeness (QED) is 0.748. The summed E-state index contributed by atoms with van der Waals surface area (Å²) in [4.78, 5) is 20.3. The van der Waals surface area contributed by atoms with Crippen LogP contribution in [0.3, 0.4) is 0 Å². The van der Waals surface area contributed by atoms with Crippen LogP contribution in [0, 0.1) is 5.92 Å². The van der Waals surface area contributed by atoms with Crippen molar-refractivity contribution in [2.75, 3.05) is 24.5 Å². The molecule has 1 aliphatic heterocycles. The highest BCUT2D eigenvalue weighted by atomic mass is 16.1. The Hall–Kier alpha value is -2.15. The van der Waals surface area contributed by atoms with Gasteiger partial charge in [0.05, 0.1) is 0 Å². The SMILES string of the molecule is NCC1CCN(c2n[nH]c(-c3ccc(=O)[nH]c3)n2)CC1. The summed E-state index contributed by atoms with van der Waals surface area (Å²) in [6, 6.07) is 3.20. The first-order chi connectivity index (χ1) is 9.76. The predicted molar refractivity (Wildman–Crippen MR) is 76.4 cm³/mol. The second kappa shape index (κ2) is 5.46. The smallest absolute Gasteiger partial charge is 0.247 e. The number of aromatic amines is 2. The Morgan fingerprint density at radius 2 is 2.15 bits per heavy atom. The van der Waals surface area contributed by atoms with Gasteiger partial charge >= 0.3 is 0 Å². The fourth-order valence-corrected chi connectivity index (χ4v) is 2.45. The van der Waals surface area contributed by atoms with Crippen LogP contribution in [-0.2, 0) is 0 Å². The maximum atomic E-state index is 11.0. The molecule has 0 aliphatic carbocycles. The number of hydrogen-bond acceptors (Lipinski definition) is 5. The molecule has 0 atom stereocenters. The molecule has 7 nitrogen and oxygen atoms in total. The molecule has 106 valence electrons. The molecule has 2 aromatic rings. The number of pyridine rings is 1. The van der Waals surface area contributed by atoms with E-state index in [1.54, 1.807) is 12.3 Å². The highest BCUT2D eigenvalue weighted by Gasteiger charge is 2.21. The van der Waals surface area contributed by atoms with E-state index in [4.69, 9.17) is 5.73 Å². The van der Waals surface area contributed by atoms with Gasteiger partial charge in [-0.05, 0) is 31.4 Å². The molecule has 3 heterocycles. The zero-order chi connectivity index (χ0) is 13.9. The van der Waals surface area contributed by atoms with Crippen molar-refractivity contribution in [2.24, 2.45) is 11.7 Å². The zero-order valence-electron chi connectivity index (χ0n) is 11.2. The van der Waals surface area contributed by atoms with Crippen LogP contribution in [0.2, 0.25) is 0 Å². The lowest BCUT2D eigenvalue weighted by atomic mass is 9.97. The van der Waals surface area contributed by atoms with Gasteiger partial charge < -0.3 is 15.6 Å². The Labute approximate surface area is 116 Å². The third kappa shape index (κ3) is 2.57. The lowest BCUT2D eigenvalue weighted by Crippen LogP contribution is -2.36. The summed E-state index contributed by atoms with van der Waals surface area (Å²) in [7, 11) is 0. The van der Waals surface area contributed by atoms with Crippen LogP contribution in [-0.4, -0.2) is 39.8 Å². The van der Waals surface area contributed by atoms with Gasteiger partial charge in [-0.25, -0.2) is 0 Å². The number of nitrogens with zero attached hydrogens (tertiary/aromatic N) is 3. The van der Waals surface area contributed by atoms with Gasteiger partial charge in [-0.1, -0.05) is 0 Å². The van der Waals surface area contributed by atoms with Crippen LogP contribution in [0.1, 0.15) is 12.8 Å². The third-order valence-electron chi connectivity index (χ3n) is 3.76. The van der Waals surface area contributed by atoms with Gasteiger partial charge in [-0.2, -0.15) is 4.98 Å². The van der Waals surface area contributed by atoms with Gasteiger partial charge in [-0.3, -0.25) is 9.89 Å². The standard InChI is InChI=1S/C13H18N6O/c14-7-9-3-5-19(6-4-9)13-16-12(17-18-13)10-1-2-11(20)15-8-10/h1-2,8-9H,3-7,14H2,(H,15,20)(H,16,17,18). The van der Waals surface area contributed by atoms with Crippen LogP contribution < -0.4 is 16.2 Å². The molecular weight excluding hydrogens is 256 g/mol. The molecule has 0 radical (unpaired) electrons. The van der Waals surface area contributed by atoms with E-state index in [-0.39, 0.29) is 5.56 Å². The molecule has 0 bridgehead atoms. The molecule has 7 heteroatoms. The van der Waals surface area contributed by atoms with E-state index in [1.165, 1.54) is 6.07 Å². The van der Waals surface area contributed by atoms with Gasteiger partial charge in [0.2, 0.25) is 11.5 Å². The van der Waals surface area contributed by atoms with E-state index >= 15 is 0 Å². The Morgan fingerprint density at radius 1 is 1.35 bits per heavy atom. The third-order valence-corrected chi connectivity index (χ3v) is 3.76. The zero-order valence-corrected chi connectivity index (χ0v) is 11.2. The first-order valence-corrected chi connectivity index (χ1v) is 6.83. The number of rotatable bonds is 3. The summed E-state index contributed by atoms with van der Waals surface area (Å²) in [5, 5.41) is 7.17. The van der Waals surface area contributed by atoms with Crippen LogP contribution in [0.15, 0.2) is 23.1 Å². The van der Waals surface area contributed by atoms with E-state index in [0.717, 1.165) is 38.0 Å². The van der Waals surface area contributed by atoms with E-state index in [2.05, 4.69) is 25.1 Å². The summed E-state index contributed by atoms with van der Waals surface area (Å²) in [5.74, 6) is 1.99. The van der Waals surface area contributed by atoms with E-state index in [0.29, 0.717) is 17.7 Å². The van der Waals surface area contributed by atoms with Crippen LogP contribution in [0.5, 0.6) is 0 Å².